The van der Waals surface area contributed by atoms with Crippen molar-refractivity contribution in [1.29, 1.82) is 5.26 Å². The highest BCUT2D eigenvalue weighted by Crippen LogP contribution is 2.30. The first kappa shape index (κ1) is 17.2. The Kier molecular flexibility index (Phi) is 4.42. The van der Waals surface area contributed by atoms with E-state index in [1.54, 1.807) is 24.3 Å². The van der Waals surface area contributed by atoms with Crippen LogP contribution in [-0.2, 0) is 0 Å². The number of ether oxygens (including phenoxy) is 1. The number of aryl methyl sites for hydroxylation is 1. The molecule has 0 spiro atoms. The second-order valence-corrected chi connectivity index (χ2v) is 5.61. The summed E-state index contributed by atoms with van der Waals surface area (Å²) in [5, 5.41) is 22.3. The van der Waals surface area contributed by atoms with E-state index >= 15 is 0 Å². The van der Waals surface area contributed by atoms with Gasteiger partial charge in [-0.2, -0.15) is 10.4 Å². The highest BCUT2D eigenvalue weighted by atomic mass is 19.1. The van der Waals surface area contributed by atoms with E-state index in [1.165, 1.54) is 30.0 Å². The van der Waals surface area contributed by atoms with Gasteiger partial charge in [0.25, 0.3) is 0 Å². The molecular formula is C19H14FN3O3. The number of hydrogen-bond acceptors (Lipinski definition) is 4. The van der Waals surface area contributed by atoms with Gasteiger partial charge in [0.05, 0.1) is 18.4 Å². The second-order valence-electron chi connectivity index (χ2n) is 5.61. The van der Waals surface area contributed by atoms with E-state index in [0.29, 0.717) is 22.7 Å². The van der Waals surface area contributed by atoms with Crippen LogP contribution in [0.4, 0.5) is 4.39 Å². The molecule has 0 radical (unpaired) electrons. The van der Waals surface area contributed by atoms with E-state index in [0.717, 1.165) is 5.56 Å². The topological polar surface area (TPSA) is 88.1 Å². The summed E-state index contributed by atoms with van der Waals surface area (Å²) < 4.78 is 20.8. The zero-order valence-electron chi connectivity index (χ0n) is 14.0. The average molecular weight is 351 g/mol. The van der Waals surface area contributed by atoms with Gasteiger partial charge in [0, 0.05) is 5.56 Å². The van der Waals surface area contributed by atoms with Crippen molar-refractivity contribution < 1.29 is 19.0 Å². The summed E-state index contributed by atoms with van der Waals surface area (Å²) in [6.45, 7) is 1.90. The van der Waals surface area contributed by atoms with Gasteiger partial charge in [-0.1, -0.05) is 12.1 Å². The minimum absolute atomic E-state index is 0.0915. The molecule has 7 heteroatoms. The molecule has 0 unspecified atom stereocenters. The minimum Gasteiger partial charge on any atom is -0.494 e. The molecule has 0 aliphatic carbocycles. The van der Waals surface area contributed by atoms with E-state index in [1.807, 2.05) is 13.0 Å². The SMILES string of the molecule is COc1cc(C)ccc1-n1nc(C(=O)O)cc1-c1ccc(C#N)c(F)c1. The Morgan fingerprint density at radius 1 is 1.27 bits per heavy atom. The summed E-state index contributed by atoms with van der Waals surface area (Å²) in [5.74, 6) is -1.39. The number of rotatable bonds is 4. The summed E-state index contributed by atoms with van der Waals surface area (Å²) in [6, 6.07) is 12.5. The van der Waals surface area contributed by atoms with Crippen molar-refractivity contribution >= 4 is 5.97 Å². The van der Waals surface area contributed by atoms with Gasteiger partial charge in [-0.15, -0.1) is 0 Å². The maximum Gasteiger partial charge on any atom is 0.356 e. The molecule has 0 bridgehead atoms. The van der Waals surface area contributed by atoms with E-state index in [9.17, 15) is 14.3 Å². The van der Waals surface area contributed by atoms with Crippen LogP contribution in [0, 0.1) is 24.1 Å². The molecule has 6 nitrogen and oxygen atoms in total. The Labute approximate surface area is 148 Å². The molecule has 3 rings (SSSR count). The lowest BCUT2D eigenvalue weighted by molar-refractivity contribution is 0.0690. The Morgan fingerprint density at radius 2 is 2.04 bits per heavy atom. The van der Waals surface area contributed by atoms with E-state index in [-0.39, 0.29) is 11.3 Å². The molecular weight excluding hydrogens is 337 g/mol. The number of hydrogen-bond donors (Lipinski definition) is 1. The second kappa shape index (κ2) is 6.69. The summed E-state index contributed by atoms with van der Waals surface area (Å²) in [6.07, 6.45) is 0. The zero-order chi connectivity index (χ0) is 18.8. The third-order valence-corrected chi connectivity index (χ3v) is 3.88. The summed E-state index contributed by atoms with van der Waals surface area (Å²) in [5.41, 5.74) is 1.96. The van der Waals surface area contributed by atoms with Gasteiger partial charge in [-0.25, -0.2) is 13.9 Å². The van der Waals surface area contributed by atoms with Crippen LogP contribution in [0.15, 0.2) is 42.5 Å². The molecule has 1 N–H and O–H groups in total. The van der Waals surface area contributed by atoms with Crippen molar-refractivity contribution in [3.05, 3.63) is 65.1 Å². The molecule has 1 heterocycles. The lowest BCUT2D eigenvalue weighted by Gasteiger charge is -2.12. The van der Waals surface area contributed by atoms with Crippen molar-refractivity contribution in [1.82, 2.24) is 9.78 Å². The summed E-state index contributed by atoms with van der Waals surface area (Å²) in [4.78, 5) is 11.4. The maximum atomic E-state index is 14.0. The fourth-order valence-electron chi connectivity index (χ4n) is 2.60. The molecule has 1 aromatic heterocycles. The molecule has 2 aromatic carbocycles. The number of aromatic nitrogens is 2. The number of carboxylic acid groups (broad SMARTS) is 1. The highest BCUT2D eigenvalue weighted by Gasteiger charge is 2.19. The van der Waals surface area contributed by atoms with Gasteiger partial charge in [0.15, 0.2) is 5.69 Å². The average Bonchev–Trinajstić information content (AvgIpc) is 3.07. The fraction of sp³-hybridized carbons (Fsp3) is 0.105. The first-order chi connectivity index (χ1) is 12.4. The lowest BCUT2D eigenvalue weighted by atomic mass is 10.1. The van der Waals surface area contributed by atoms with Crippen LogP contribution >= 0.6 is 0 Å². The number of benzene rings is 2. The Hall–Kier alpha value is -3.66. The minimum atomic E-state index is -1.20. The molecule has 0 aliphatic rings. The number of carbonyl (C=O) groups is 1. The third kappa shape index (κ3) is 3.00. The van der Waals surface area contributed by atoms with Gasteiger partial charge >= 0.3 is 5.97 Å². The predicted octanol–water partition coefficient (Wildman–Crippen LogP) is 3.57. The van der Waals surface area contributed by atoms with E-state index in [2.05, 4.69) is 5.10 Å². The zero-order valence-corrected chi connectivity index (χ0v) is 14.0. The van der Waals surface area contributed by atoms with Crippen LogP contribution in [0.25, 0.3) is 16.9 Å². The molecule has 0 amide bonds. The Morgan fingerprint density at radius 3 is 2.65 bits per heavy atom. The number of nitrogens with zero attached hydrogens (tertiary/aromatic N) is 3. The Balaban J connectivity index is 2.25. The third-order valence-electron chi connectivity index (χ3n) is 3.88. The summed E-state index contributed by atoms with van der Waals surface area (Å²) in [7, 11) is 1.50. The van der Waals surface area contributed by atoms with Crippen LogP contribution in [0.3, 0.4) is 0 Å². The van der Waals surface area contributed by atoms with Gasteiger partial charge < -0.3 is 9.84 Å². The van der Waals surface area contributed by atoms with Crippen LogP contribution in [0.5, 0.6) is 5.75 Å². The molecule has 0 saturated heterocycles. The fourth-order valence-corrected chi connectivity index (χ4v) is 2.60. The Bertz CT molecular complexity index is 1050. The van der Waals surface area contributed by atoms with Crippen molar-refractivity contribution in [3.8, 4) is 28.8 Å². The number of carboxylic acids is 1. The largest absolute Gasteiger partial charge is 0.494 e. The molecule has 0 aliphatic heterocycles. The van der Waals surface area contributed by atoms with Crippen LogP contribution in [0.2, 0.25) is 0 Å². The summed E-state index contributed by atoms with van der Waals surface area (Å²) >= 11 is 0. The van der Waals surface area contributed by atoms with Crippen LogP contribution in [-0.4, -0.2) is 28.0 Å². The number of halogens is 1. The van der Waals surface area contributed by atoms with Crippen molar-refractivity contribution in [3.63, 3.8) is 0 Å². The van der Waals surface area contributed by atoms with Crippen LogP contribution in [0.1, 0.15) is 21.6 Å². The number of aromatic carboxylic acids is 1. The lowest BCUT2D eigenvalue weighted by Crippen LogP contribution is -2.04. The first-order valence-electron chi connectivity index (χ1n) is 7.63. The molecule has 0 atom stereocenters. The molecule has 26 heavy (non-hydrogen) atoms. The predicted molar refractivity (Wildman–Crippen MR) is 91.9 cm³/mol. The standard InChI is InChI=1S/C19H14FN3O3/c1-11-3-6-16(18(7-11)26-2)23-17(9-15(22-23)19(24)25)12-4-5-13(10-21)14(20)8-12/h3-9H,1-2H3,(H,24,25). The van der Waals surface area contributed by atoms with E-state index < -0.39 is 11.8 Å². The molecule has 0 fully saturated rings. The molecule has 3 aromatic rings. The van der Waals surface area contributed by atoms with Gasteiger partial charge in [-0.05, 0) is 42.8 Å². The smallest absolute Gasteiger partial charge is 0.356 e. The van der Waals surface area contributed by atoms with Crippen molar-refractivity contribution in [2.75, 3.05) is 7.11 Å². The highest BCUT2D eigenvalue weighted by molar-refractivity contribution is 5.87. The molecule has 130 valence electrons. The number of methoxy groups -OCH3 is 1. The van der Waals surface area contributed by atoms with E-state index in [4.69, 9.17) is 10.00 Å². The molecule has 0 saturated carbocycles. The van der Waals surface area contributed by atoms with Crippen molar-refractivity contribution in [2.45, 2.75) is 6.92 Å². The van der Waals surface area contributed by atoms with Gasteiger partial charge in [0.1, 0.15) is 23.3 Å². The van der Waals surface area contributed by atoms with Gasteiger partial charge in [-0.3, -0.25) is 0 Å². The van der Waals surface area contributed by atoms with Crippen LogP contribution < -0.4 is 4.74 Å². The normalized spacial score (nSPS) is 10.4. The number of nitriles is 1. The van der Waals surface area contributed by atoms with Crippen molar-refractivity contribution in [2.24, 2.45) is 0 Å². The first-order valence-corrected chi connectivity index (χ1v) is 7.63. The monoisotopic (exact) mass is 351 g/mol. The quantitative estimate of drug-likeness (QED) is 0.776. The maximum absolute atomic E-state index is 14.0. The van der Waals surface area contributed by atoms with Gasteiger partial charge in [0.2, 0.25) is 0 Å².